The van der Waals surface area contributed by atoms with Gasteiger partial charge < -0.3 is 5.11 Å². The van der Waals surface area contributed by atoms with Gasteiger partial charge in [0, 0.05) is 0 Å². The van der Waals surface area contributed by atoms with Crippen molar-refractivity contribution in [2.45, 2.75) is 18.8 Å². The highest BCUT2D eigenvalue weighted by Gasteiger charge is 2.21. The van der Waals surface area contributed by atoms with E-state index >= 15 is 0 Å². The van der Waals surface area contributed by atoms with Gasteiger partial charge in [-0.3, -0.25) is 9.69 Å². The van der Waals surface area contributed by atoms with Gasteiger partial charge in [0.1, 0.15) is 0 Å². The van der Waals surface area contributed by atoms with Crippen LogP contribution < -0.4 is 0 Å². The summed E-state index contributed by atoms with van der Waals surface area (Å²) >= 11 is 0. The van der Waals surface area contributed by atoms with Crippen LogP contribution in [-0.2, 0) is 4.79 Å². The van der Waals surface area contributed by atoms with E-state index in [1.54, 1.807) is 0 Å². The molecule has 0 unspecified atom stereocenters. The lowest BCUT2D eigenvalue weighted by atomic mass is 9.89. The normalized spacial score (nSPS) is 18.5. The van der Waals surface area contributed by atoms with Gasteiger partial charge in [-0.15, -0.1) is 0 Å². The zero-order chi connectivity index (χ0) is 11.4. The van der Waals surface area contributed by atoms with Crippen LogP contribution in [0.15, 0.2) is 30.3 Å². The van der Waals surface area contributed by atoms with Gasteiger partial charge in [0.05, 0.1) is 6.54 Å². The maximum atomic E-state index is 10.6. The third kappa shape index (κ3) is 2.83. The van der Waals surface area contributed by atoms with Gasteiger partial charge in [-0.1, -0.05) is 30.3 Å². The van der Waals surface area contributed by atoms with Crippen molar-refractivity contribution in [3.8, 4) is 0 Å². The molecular formula is C13H17NO2. The Bertz CT molecular complexity index is 342. The standard InChI is InChI=1S/C13H17NO2/c15-13(16)10-14-8-6-12(7-9-14)11-4-2-1-3-5-11/h1-5,12H,6-10H2,(H,15,16). The highest BCUT2D eigenvalue weighted by molar-refractivity contribution is 5.69. The fraction of sp³-hybridized carbons (Fsp3) is 0.462. The van der Waals surface area contributed by atoms with Crippen LogP contribution in [0.4, 0.5) is 0 Å². The van der Waals surface area contributed by atoms with Crippen LogP contribution in [0.25, 0.3) is 0 Å². The van der Waals surface area contributed by atoms with Crippen molar-refractivity contribution in [1.82, 2.24) is 4.90 Å². The molecule has 86 valence electrons. The lowest BCUT2D eigenvalue weighted by Crippen LogP contribution is -2.36. The molecule has 1 N–H and O–H groups in total. The molecule has 1 aromatic rings. The Morgan fingerprint density at radius 1 is 1.25 bits per heavy atom. The molecule has 3 nitrogen and oxygen atoms in total. The van der Waals surface area contributed by atoms with E-state index < -0.39 is 5.97 Å². The van der Waals surface area contributed by atoms with Crippen LogP contribution >= 0.6 is 0 Å². The molecule has 0 saturated carbocycles. The summed E-state index contributed by atoms with van der Waals surface area (Å²) in [5.74, 6) is -0.121. The summed E-state index contributed by atoms with van der Waals surface area (Å²) in [5.41, 5.74) is 1.39. The number of hydrogen-bond donors (Lipinski definition) is 1. The Balaban J connectivity index is 1.88. The summed E-state index contributed by atoms with van der Waals surface area (Å²) in [6.07, 6.45) is 2.13. The quantitative estimate of drug-likeness (QED) is 0.844. The van der Waals surface area contributed by atoms with Gasteiger partial charge in [0.15, 0.2) is 0 Å². The third-order valence-electron chi connectivity index (χ3n) is 3.22. The molecule has 2 rings (SSSR count). The number of carboxylic acids is 1. The summed E-state index contributed by atoms with van der Waals surface area (Å²) < 4.78 is 0. The summed E-state index contributed by atoms with van der Waals surface area (Å²) in [6, 6.07) is 10.5. The monoisotopic (exact) mass is 219 g/mol. The van der Waals surface area contributed by atoms with E-state index in [0.717, 1.165) is 25.9 Å². The molecule has 1 aliphatic rings. The lowest BCUT2D eigenvalue weighted by Gasteiger charge is -2.30. The van der Waals surface area contributed by atoms with Crippen LogP contribution in [0.3, 0.4) is 0 Å². The zero-order valence-corrected chi connectivity index (χ0v) is 9.30. The molecule has 0 aromatic heterocycles. The van der Waals surface area contributed by atoms with Gasteiger partial charge in [0.25, 0.3) is 0 Å². The summed E-state index contributed by atoms with van der Waals surface area (Å²) in [4.78, 5) is 12.6. The largest absolute Gasteiger partial charge is 0.480 e. The third-order valence-corrected chi connectivity index (χ3v) is 3.22. The highest BCUT2D eigenvalue weighted by atomic mass is 16.4. The zero-order valence-electron chi connectivity index (χ0n) is 9.30. The van der Waals surface area contributed by atoms with Gasteiger partial charge in [-0.25, -0.2) is 0 Å². The van der Waals surface area contributed by atoms with E-state index in [9.17, 15) is 4.79 Å². The number of aliphatic carboxylic acids is 1. The molecule has 1 heterocycles. The van der Waals surface area contributed by atoms with Crippen molar-refractivity contribution in [2.24, 2.45) is 0 Å². The average molecular weight is 219 g/mol. The van der Waals surface area contributed by atoms with E-state index in [1.165, 1.54) is 5.56 Å². The van der Waals surface area contributed by atoms with E-state index in [4.69, 9.17) is 5.11 Å². The van der Waals surface area contributed by atoms with E-state index in [0.29, 0.717) is 5.92 Å². The number of likely N-dealkylation sites (tertiary alicyclic amines) is 1. The average Bonchev–Trinajstić information content (AvgIpc) is 2.30. The van der Waals surface area contributed by atoms with Crippen molar-refractivity contribution >= 4 is 5.97 Å². The number of carbonyl (C=O) groups is 1. The molecule has 1 saturated heterocycles. The van der Waals surface area contributed by atoms with E-state index in [2.05, 4.69) is 24.3 Å². The van der Waals surface area contributed by atoms with Gasteiger partial charge in [-0.2, -0.15) is 0 Å². The minimum Gasteiger partial charge on any atom is -0.480 e. The predicted octanol–water partition coefficient (Wildman–Crippen LogP) is 1.95. The minimum atomic E-state index is -0.724. The van der Waals surface area contributed by atoms with Crippen molar-refractivity contribution < 1.29 is 9.90 Å². The Morgan fingerprint density at radius 3 is 2.44 bits per heavy atom. The second kappa shape index (κ2) is 5.12. The lowest BCUT2D eigenvalue weighted by molar-refractivity contribution is -0.138. The van der Waals surface area contributed by atoms with Crippen LogP contribution in [0, 0.1) is 0 Å². The van der Waals surface area contributed by atoms with Gasteiger partial charge in [-0.05, 0) is 37.4 Å². The first-order valence-corrected chi connectivity index (χ1v) is 5.75. The number of hydrogen-bond acceptors (Lipinski definition) is 2. The smallest absolute Gasteiger partial charge is 0.317 e. The first kappa shape index (κ1) is 11.1. The van der Waals surface area contributed by atoms with Crippen LogP contribution in [0.2, 0.25) is 0 Å². The first-order chi connectivity index (χ1) is 7.75. The Morgan fingerprint density at radius 2 is 1.88 bits per heavy atom. The van der Waals surface area contributed by atoms with Gasteiger partial charge >= 0.3 is 5.97 Å². The van der Waals surface area contributed by atoms with Crippen LogP contribution in [0.5, 0.6) is 0 Å². The van der Waals surface area contributed by atoms with Crippen molar-refractivity contribution in [3.05, 3.63) is 35.9 Å². The fourth-order valence-electron chi connectivity index (χ4n) is 2.34. The SMILES string of the molecule is O=C(O)CN1CCC(c2ccccc2)CC1. The van der Waals surface area contributed by atoms with Crippen LogP contribution in [-0.4, -0.2) is 35.6 Å². The topological polar surface area (TPSA) is 40.5 Å². The molecule has 0 aliphatic carbocycles. The Labute approximate surface area is 95.7 Å². The maximum Gasteiger partial charge on any atom is 0.317 e. The van der Waals surface area contributed by atoms with E-state index in [-0.39, 0.29) is 6.54 Å². The molecule has 0 radical (unpaired) electrons. The molecular weight excluding hydrogens is 202 g/mol. The molecule has 0 spiro atoms. The molecule has 16 heavy (non-hydrogen) atoms. The van der Waals surface area contributed by atoms with Crippen LogP contribution in [0.1, 0.15) is 24.3 Å². The molecule has 1 aromatic carbocycles. The van der Waals surface area contributed by atoms with Crippen molar-refractivity contribution in [2.75, 3.05) is 19.6 Å². The highest BCUT2D eigenvalue weighted by Crippen LogP contribution is 2.27. The van der Waals surface area contributed by atoms with Gasteiger partial charge in [0.2, 0.25) is 0 Å². The maximum absolute atomic E-state index is 10.6. The molecule has 0 bridgehead atoms. The summed E-state index contributed by atoms with van der Waals surface area (Å²) in [5, 5.41) is 8.71. The second-order valence-electron chi connectivity index (χ2n) is 4.35. The predicted molar refractivity (Wildman–Crippen MR) is 62.5 cm³/mol. The summed E-state index contributed by atoms with van der Waals surface area (Å²) in [6.45, 7) is 1.97. The fourth-order valence-corrected chi connectivity index (χ4v) is 2.34. The minimum absolute atomic E-state index is 0.182. The number of nitrogens with zero attached hydrogens (tertiary/aromatic N) is 1. The van der Waals surface area contributed by atoms with Crippen molar-refractivity contribution in [1.29, 1.82) is 0 Å². The number of rotatable bonds is 3. The second-order valence-corrected chi connectivity index (χ2v) is 4.35. The molecule has 0 amide bonds. The first-order valence-electron chi connectivity index (χ1n) is 5.75. The molecule has 0 atom stereocenters. The number of piperidine rings is 1. The molecule has 3 heteroatoms. The molecule has 1 fully saturated rings. The molecule has 1 aliphatic heterocycles. The summed E-state index contributed by atoms with van der Waals surface area (Å²) in [7, 11) is 0. The Hall–Kier alpha value is -1.35. The van der Waals surface area contributed by atoms with E-state index in [1.807, 2.05) is 11.0 Å². The number of carboxylic acid groups (broad SMARTS) is 1. The van der Waals surface area contributed by atoms with Crippen molar-refractivity contribution in [3.63, 3.8) is 0 Å². The number of benzene rings is 1. The Kier molecular flexibility index (Phi) is 3.57.